The first-order chi connectivity index (χ1) is 12.0. The minimum absolute atomic E-state index is 0.305. The van der Waals surface area contributed by atoms with E-state index >= 15 is 0 Å². The molecule has 0 radical (unpaired) electrons. The minimum Gasteiger partial charge on any atom is -0.339 e. The van der Waals surface area contributed by atoms with Gasteiger partial charge in [-0.3, -0.25) is 9.48 Å². The van der Waals surface area contributed by atoms with Crippen molar-refractivity contribution in [2.45, 2.75) is 6.04 Å². The van der Waals surface area contributed by atoms with E-state index in [0.29, 0.717) is 11.4 Å². The molecular weight excluding hydrogens is 321 g/mol. The van der Waals surface area contributed by atoms with Crippen LogP contribution in [-0.2, 0) is 18.9 Å². The highest BCUT2D eigenvalue weighted by molar-refractivity contribution is 5.92. The fraction of sp³-hybridized carbons (Fsp3) is 0.167. The van der Waals surface area contributed by atoms with Crippen molar-refractivity contribution < 1.29 is 9.18 Å². The Morgan fingerprint density at radius 2 is 2.20 bits per heavy atom. The fourth-order valence-corrected chi connectivity index (χ4v) is 2.53. The van der Waals surface area contributed by atoms with Crippen molar-refractivity contribution in [3.05, 3.63) is 77.9 Å². The fourth-order valence-electron chi connectivity index (χ4n) is 2.53. The molecular formula is C18H18FN5O. The number of aryl methyl sites for hydroxylation is 2. The molecule has 0 aliphatic rings. The molecule has 0 fully saturated rings. The molecule has 6 nitrogen and oxygen atoms in total. The summed E-state index contributed by atoms with van der Waals surface area (Å²) in [6.45, 7) is 0. The van der Waals surface area contributed by atoms with Crippen LogP contribution in [0.5, 0.6) is 0 Å². The van der Waals surface area contributed by atoms with Gasteiger partial charge in [-0.1, -0.05) is 12.1 Å². The van der Waals surface area contributed by atoms with Crippen molar-refractivity contribution in [1.82, 2.24) is 24.6 Å². The Labute approximate surface area is 144 Å². The molecule has 0 aliphatic heterocycles. The number of nitrogens with one attached hydrogen (secondary N) is 1. The van der Waals surface area contributed by atoms with E-state index in [1.54, 1.807) is 59.3 Å². The summed E-state index contributed by atoms with van der Waals surface area (Å²) in [4.78, 5) is 16.6. The predicted octanol–water partition coefficient (Wildman–Crippen LogP) is 2.21. The monoisotopic (exact) mass is 339 g/mol. The van der Waals surface area contributed by atoms with Gasteiger partial charge in [-0.15, -0.1) is 0 Å². The molecule has 1 aromatic carbocycles. The molecule has 0 aliphatic carbocycles. The van der Waals surface area contributed by atoms with Gasteiger partial charge in [-0.25, -0.2) is 9.37 Å². The van der Waals surface area contributed by atoms with E-state index in [1.807, 2.05) is 7.05 Å². The third-order valence-electron chi connectivity index (χ3n) is 3.74. The number of benzene rings is 1. The molecule has 3 aromatic rings. The van der Waals surface area contributed by atoms with E-state index in [2.05, 4.69) is 15.4 Å². The summed E-state index contributed by atoms with van der Waals surface area (Å²) in [5, 5.41) is 6.92. The molecule has 25 heavy (non-hydrogen) atoms. The number of aromatic nitrogens is 4. The van der Waals surface area contributed by atoms with E-state index < -0.39 is 6.04 Å². The normalized spacial score (nSPS) is 12.4. The lowest BCUT2D eigenvalue weighted by Gasteiger charge is -2.18. The van der Waals surface area contributed by atoms with Gasteiger partial charge in [0.15, 0.2) is 0 Å². The zero-order valence-corrected chi connectivity index (χ0v) is 13.9. The number of rotatable bonds is 5. The molecule has 3 rings (SSSR count). The topological polar surface area (TPSA) is 64.7 Å². The summed E-state index contributed by atoms with van der Waals surface area (Å²) in [5.74, 6) is -0.0493. The van der Waals surface area contributed by atoms with Crippen LogP contribution in [0.3, 0.4) is 0 Å². The third-order valence-corrected chi connectivity index (χ3v) is 3.74. The van der Waals surface area contributed by atoms with Gasteiger partial charge in [-0.2, -0.15) is 5.10 Å². The molecule has 1 N–H and O–H groups in total. The summed E-state index contributed by atoms with van der Waals surface area (Å²) >= 11 is 0. The van der Waals surface area contributed by atoms with Gasteiger partial charge in [-0.05, 0) is 23.8 Å². The molecule has 2 heterocycles. The van der Waals surface area contributed by atoms with Gasteiger partial charge < -0.3 is 9.88 Å². The van der Waals surface area contributed by atoms with Crippen LogP contribution in [0, 0.1) is 5.82 Å². The Balaban J connectivity index is 1.84. The highest BCUT2D eigenvalue weighted by Gasteiger charge is 2.20. The molecule has 0 bridgehead atoms. The number of halogens is 1. The second kappa shape index (κ2) is 7.12. The van der Waals surface area contributed by atoms with Crippen molar-refractivity contribution in [2.24, 2.45) is 14.1 Å². The number of imidazole rings is 1. The van der Waals surface area contributed by atoms with Gasteiger partial charge in [0.25, 0.3) is 0 Å². The molecule has 0 spiro atoms. The number of amides is 1. The molecule has 0 saturated heterocycles. The molecule has 1 unspecified atom stereocenters. The molecule has 1 amide bonds. The maximum absolute atomic E-state index is 13.6. The quantitative estimate of drug-likeness (QED) is 0.725. The van der Waals surface area contributed by atoms with E-state index in [4.69, 9.17) is 0 Å². The zero-order chi connectivity index (χ0) is 17.8. The van der Waals surface area contributed by atoms with E-state index in [1.165, 1.54) is 18.2 Å². The Morgan fingerprint density at radius 3 is 2.84 bits per heavy atom. The van der Waals surface area contributed by atoms with Crippen LogP contribution >= 0.6 is 0 Å². The first-order valence-electron chi connectivity index (χ1n) is 7.73. The molecule has 7 heteroatoms. The van der Waals surface area contributed by atoms with Crippen LogP contribution in [-0.4, -0.2) is 25.2 Å². The Morgan fingerprint density at radius 1 is 1.36 bits per heavy atom. The Hall–Kier alpha value is -3.22. The standard InChI is InChI=1S/C18H18FN5O/c1-23-9-8-20-18(23)17(14-4-3-5-15(19)10-14)22-16(25)7-6-13-11-21-24(2)12-13/h3-12,17H,1-2H3,(H,22,25)/b7-6+. The van der Waals surface area contributed by atoms with Crippen LogP contribution in [0.25, 0.3) is 6.08 Å². The third kappa shape index (κ3) is 4.00. The lowest BCUT2D eigenvalue weighted by atomic mass is 10.1. The Bertz CT molecular complexity index is 912. The molecule has 128 valence electrons. The maximum Gasteiger partial charge on any atom is 0.244 e. The summed E-state index contributed by atoms with van der Waals surface area (Å²) in [5.41, 5.74) is 1.44. The van der Waals surface area contributed by atoms with Crippen molar-refractivity contribution in [3.63, 3.8) is 0 Å². The number of carbonyl (C=O) groups excluding carboxylic acids is 1. The lowest BCUT2D eigenvalue weighted by molar-refractivity contribution is -0.117. The Kier molecular flexibility index (Phi) is 4.74. The second-order valence-electron chi connectivity index (χ2n) is 5.67. The SMILES string of the molecule is Cn1cc(/C=C/C(=O)NC(c2cccc(F)c2)c2nccn2C)cn1. The summed E-state index contributed by atoms with van der Waals surface area (Å²) in [7, 11) is 3.63. The maximum atomic E-state index is 13.6. The molecule has 0 saturated carbocycles. The number of hydrogen-bond donors (Lipinski definition) is 1. The van der Waals surface area contributed by atoms with Gasteiger partial charge >= 0.3 is 0 Å². The number of hydrogen-bond acceptors (Lipinski definition) is 3. The van der Waals surface area contributed by atoms with Crippen LogP contribution in [0.15, 0.2) is 55.1 Å². The van der Waals surface area contributed by atoms with Crippen molar-refractivity contribution in [1.29, 1.82) is 0 Å². The average Bonchev–Trinajstić information content (AvgIpc) is 3.19. The van der Waals surface area contributed by atoms with Crippen molar-refractivity contribution in [3.8, 4) is 0 Å². The first-order valence-corrected chi connectivity index (χ1v) is 7.73. The van der Waals surface area contributed by atoms with Crippen LogP contribution in [0.2, 0.25) is 0 Å². The highest BCUT2D eigenvalue weighted by Crippen LogP contribution is 2.21. The van der Waals surface area contributed by atoms with Gasteiger partial charge in [0.1, 0.15) is 17.7 Å². The van der Waals surface area contributed by atoms with Crippen molar-refractivity contribution in [2.75, 3.05) is 0 Å². The number of nitrogens with zero attached hydrogens (tertiary/aromatic N) is 4. The van der Waals surface area contributed by atoms with Crippen LogP contribution < -0.4 is 5.32 Å². The molecule has 2 aromatic heterocycles. The smallest absolute Gasteiger partial charge is 0.244 e. The summed E-state index contributed by atoms with van der Waals surface area (Å²) < 4.78 is 17.1. The summed E-state index contributed by atoms with van der Waals surface area (Å²) in [6.07, 6.45) is 9.97. The minimum atomic E-state index is -0.554. The second-order valence-corrected chi connectivity index (χ2v) is 5.67. The number of carbonyl (C=O) groups is 1. The van der Waals surface area contributed by atoms with Crippen molar-refractivity contribution >= 4 is 12.0 Å². The van der Waals surface area contributed by atoms with E-state index in [0.717, 1.165) is 5.56 Å². The summed E-state index contributed by atoms with van der Waals surface area (Å²) in [6, 6.07) is 5.57. The van der Waals surface area contributed by atoms with Crippen LogP contribution in [0.4, 0.5) is 4.39 Å². The largest absolute Gasteiger partial charge is 0.339 e. The van der Waals surface area contributed by atoms with Crippen LogP contribution in [0.1, 0.15) is 23.0 Å². The lowest BCUT2D eigenvalue weighted by Crippen LogP contribution is -2.29. The zero-order valence-electron chi connectivity index (χ0n) is 13.9. The van der Waals surface area contributed by atoms with Gasteiger partial charge in [0, 0.05) is 44.3 Å². The molecule has 1 atom stereocenters. The van der Waals surface area contributed by atoms with Gasteiger partial charge in [0.05, 0.1) is 6.20 Å². The van der Waals surface area contributed by atoms with E-state index in [-0.39, 0.29) is 11.7 Å². The predicted molar refractivity (Wildman–Crippen MR) is 91.8 cm³/mol. The van der Waals surface area contributed by atoms with Gasteiger partial charge in [0.2, 0.25) is 5.91 Å². The van der Waals surface area contributed by atoms with E-state index in [9.17, 15) is 9.18 Å². The highest BCUT2D eigenvalue weighted by atomic mass is 19.1. The first kappa shape index (κ1) is 16.6. The average molecular weight is 339 g/mol.